The van der Waals surface area contributed by atoms with Crippen molar-refractivity contribution in [3.8, 4) is 5.75 Å². The summed E-state index contributed by atoms with van der Waals surface area (Å²) in [5.41, 5.74) is 0.654. The van der Waals surface area contributed by atoms with Crippen LogP contribution in [0.5, 0.6) is 5.75 Å². The number of halogens is 2. The lowest BCUT2D eigenvalue weighted by molar-refractivity contribution is -0.120. The molecular weight excluding hydrogens is 317 g/mol. The molecule has 7 heteroatoms. The lowest BCUT2D eigenvalue weighted by atomic mass is 9.94. The van der Waals surface area contributed by atoms with E-state index >= 15 is 0 Å². The summed E-state index contributed by atoms with van der Waals surface area (Å²) in [6.07, 6.45) is -0.743. The molecule has 0 aliphatic carbocycles. The van der Waals surface area contributed by atoms with E-state index in [1.807, 2.05) is 0 Å². The zero-order chi connectivity index (χ0) is 15.7. The molecule has 1 fully saturated rings. The minimum atomic E-state index is -1.12. The molecule has 5 nitrogen and oxygen atoms in total. The zero-order valence-corrected chi connectivity index (χ0v) is 13.1. The summed E-state index contributed by atoms with van der Waals surface area (Å²) in [6, 6.07) is 2.65. The summed E-state index contributed by atoms with van der Waals surface area (Å²) in [6.45, 7) is 1.58. The van der Waals surface area contributed by atoms with E-state index in [1.54, 1.807) is 12.1 Å². The predicted molar refractivity (Wildman–Crippen MR) is 79.6 cm³/mol. The van der Waals surface area contributed by atoms with E-state index in [4.69, 9.17) is 27.9 Å². The molecule has 1 aromatic rings. The fourth-order valence-corrected chi connectivity index (χ4v) is 3.22. The number of carboxylic acid groups (broad SMARTS) is 1. The molecular formula is C14H15Cl2NO4. The van der Waals surface area contributed by atoms with Gasteiger partial charge in [-0.2, -0.15) is 0 Å². The van der Waals surface area contributed by atoms with Gasteiger partial charge in [-0.25, -0.2) is 4.79 Å². The number of ether oxygens (including phenoxy) is 1. The average Bonchev–Trinajstić information content (AvgIpc) is 2.86. The van der Waals surface area contributed by atoms with Crippen molar-refractivity contribution in [2.75, 3.05) is 13.7 Å². The summed E-state index contributed by atoms with van der Waals surface area (Å²) in [5.74, 6) is 0.136. The van der Waals surface area contributed by atoms with Crippen LogP contribution in [-0.4, -0.2) is 41.6 Å². The Kier molecular flexibility index (Phi) is 4.64. The smallest absolute Gasteiger partial charge is 0.407 e. The number of ketones is 1. The van der Waals surface area contributed by atoms with E-state index in [-0.39, 0.29) is 18.2 Å². The molecule has 0 unspecified atom stereocenters. The van der Waals surface area contributed by atoms with Crippen molar-refractivity contribution in [1.82, 2.24) is 4.90 Å². The molecule has 1 saturated heterocycles. The molecule has 1 aliphatic rings. The third-order valence-electron chi connectivity index (χ3n) is 3.74. The number of nitrogens with zero attached hydrogens (tertiary/aromatic N) is 1. The second-order valence-electron chi connectivity index (χ2n) is 4.97. The van der Waals surface area contributed by atoms with Gasteiger partial charge in [0.1, 0.15) is 5.75 Å². The Labute approximate surface area is 132 Å². The van der Waals surface area contributed by atoms with Gasteiger partial charge in [0.2, 0.25) is 0 Å². The van der Waals surface area contributed by atoms with E-state index in [0.29, 0.717) is 27.8 Å². The third-order valence-corrected chi connectivity index (χ3v) is 4.56. The molecule has 2 atom stereocenters. The summed E-state index contributed by atoms with van der Waals surface area (Å²) in [4.78, 5) is 24.1. The van der Waals surface area contributed by atoms with E-state index in [9.17, 15) is 14.7 Å². The summed E-state index contributed by atoms with van der Waals surface area (Å²) < 4.78 is 5.29. The maximum absolute atomic E-state index is 11.6. The Bertz CT molecular complexity index is 569. The first kappa shape index (κ1) is 15.9. The van der Waals surface area contributed by atoms with E-state index in [0.717, 1.165) is 4.90 Å². The number of hydrogen-bond acceptors (Lipinski definition) is 3. The molecule has 0 aromatic heterocycles. The van der Waals surface area contributed by atoms with Crippen LogP contribution in [0.3, 0.4) is 0 Å². The fraction of sp³-hybridized carbons (Fsp3) is 0.429. The fourth-order valence-electron chi connectivity index (χ4n) is 2.75. The van der Waals surface area contributed by atoms with Crippen molar-refractivity contribution < 1.29 is 19.4 Å². The lowest BCUT2D eigenvalue weighted by Crippen LogP contribution is -2.38. The summed E-state index contributed by atoms with van der Waals surface area (Å²) in [7, 11) is 1.51. The first-order valence-corrected chi connectivity index (χ1v) is 7.14. The molecule has 21 heavy (non-hydrogen) atoms. The van der Waals surface area contributed by atoms with Crippen LogP contribution < -0.4 is 4.74 Å². The van der Waals surface area contributed by atoms with Gasteiger partial charge in [0.25, 0.3) is 0 Å². The third kappa shape index (κ3) is 2.94. The number of methoxy groups -OCH3 is 1. The Morgan fingerprint density at radius 3 is 2.52 bits per heavy atom. The molecule has 1 aliphatic heterocycles. The van der Waals surface area contributed by atoms with Gasteiger partial charge in [-0.1, -0.05) is 23.2 Å². The highest BCUT2D eigenvalue weighted by Gasteiger charge is 2.40. The van der Waals surface area contributed by atoms with E-state index in [1.165, 1.54) is 14.0 Å². The zero-order valence-electron chi connectivity index (χ0n) is 11.6. The van der Waals surface area contributed by atoms with Gasteiger partial charge in [-0.3, -0.25) is 9.69 Å². The molecule has 1 aromatic carbocycles. The van der Waals surface area contributed by atoms with Crippen LogP contribution in [0.4, 0.5) is 4.79 Å². The second kappa shape index (κ2) is 6.12. The maximum Gasteiger partial charge on any atom is 0.407 e. The summed E-state index contributed by atoms with van der Waals surface area (Å²) in [5, 5.41) is 9.95. The van der Waals surface area contributed by atoms with Crippen LogP contribution in [0.15, 0.2) is 12.1 Å². The quantitative estimate of drug-likeness (QED) is 0.921. The maximum atomic E-state index is 11.6. The first-order valence-electron chi connectivity index (χ1n) is 6.38. The largest absolute Gasteiger partial charge is 0.496 e. The summed E-state index contributed by atoms with van der Waals surface area (Å²) >= 11 is 12.3. The second-order valence-corrected chi connectivity index (χ2v) is 5.76. The Morgan fingerprint density at radius 1 is 1.38 bits per heavy atom. The van der Waals surface area contributed by atoms with E-state index < -0.39 is 12.1 Å². The van der Waals surface area contributed by atoms with Gasteiger partial charge in [0.15, 0.2) is 5.78 Å². The van der Waals surface area contributed by atoms with Crippen LogP contribution in [0.2, 0.25) is 10.0 Å². The average molecular weight is 332 g/mol. The van der Waals surface area contributed by atoms with Crippen LogP contribution in [0, 0.1) is 0 Å². The number of likely N-dealkylation sites (tertiary alicyclic amines) is 1. The number of benzene rings is 1. The molecule has 0 bridgehead atoms. The monoisotopic (exact) mass is 331 g/mol. The molecule has 1 amide bonds. The molecule has 2 rings (SSSR count). The van der Waals surface area contributed by atoms with Crippen LogP contribution in [-0.2, 0) is 4.79 Å². The number of carbonyl (C=O) groups is 2. The van der Waals surface area contributed by atoms with Gasteiger partial charge in [-0.15, -0.1) is 0 Å². The molecule has 0 radical (unpaired) electrons. The van der Waals surface area contributed by atoms with Crippen molar-refractivity contribution in [2.45, 2.75) is 25.3 Å². The highest BCUT2D eigenvalue weighted by Crippen LogP contribution is 2.43. The minimum absolute atomic E-state index is 0.183. The van der Waals surface area contributed by atoms with Crippen molar-refractivity contribution in [1.29, 1.82) is 0 Å². The number of Topliss-reactive ketones (excluding diaryl/α,β-unsaturated/α-hetero) is 1. The number of rotatable bonds is 3. The molecule has 0 saturated carbocycles. The highest BCUT2D eigenvalue weighted by atomic mass is 35.5. The van der Waals surface area contributed by atoms with Crippen LogP contribution >= 0.6 is 23.2 Å². The number of carbonyl (C=O) groups excluding carboxylic acids is 1. The van der Waals surface area contributed by atoms with Gasteiger partial charge in [0.05, 0.1) is 23.2 Å². The Hall–Kier alpha value is -1.46. The first-order chi connectivity index (χ1) is 9.86. The topological polar surface area (TPSA) is 66.8 Å². The van der Waals surface area contributed by atoms with Crippen molar-refractivity contribution >= 4 is 35.1 Å². The Balaban J connectivity index is 2.42. The standard InChI is InChI=1S/C14H15Cl2NO4/c1-7(18)10-5-8(6-17(10)14(19)20)12-11(21-2)4-3-9(15)13(12)16/h3-4,8,10H,5-6H2,1-2H3,(H,19,20)/t8-,10-/m0/s1. The highest BCUT2D eigenvalue weighted by molar-refractivity contribution is 6.42. The van der Waals surface area contributed by atoms with Crippen molar-refractivity contribution in [3.63, 3.8) is 0 Å². The predicted octanol–water partition coefficient (Wildman–Crippen LogP) is 3.43. The van der Waals surface area contributed by atoms with Crippen molar-refractivity contribution in [3.05, 3.63) is 27.7 Å². The van der Waals surface area contributed by atoms with Gasteiger partial charge in [-0.05, 0) is 25.5 Å². The van der Waals surface area contributed by atoms with Gasteiger partial charge < -0.3 is 9.84 Å². The normalized spacial score (nSPS) is 21.4. The van der Waals surface area contributed by atoms with E-state index in [2.05, 4.69) is 0 Å². The minimum Gasteiger partial charge on any atom is -0.496 e. The molecule has 114 valence electrons. The van der Waals surface area contributed by atoms with Gasteiger partial charge >= 0.3 is 6.09 Å². The van der Waals surface area contributed by atoms with Crippen LogP contribution in [0.1, 0.15) is 24.8 Å². The molecule has 1 heterocycles. The molecule has 1 N–H and O–H groups in total. The van der Waals surface area contributed by atoms with Crippen molar-refractivity contribution in [2.24, 2.45) is 0 Å². The van der Waals surface area contributed by atoms with Crippen LogP contribution in [0.25, 0.3) is 0 Å². The van der Waals surface area contributed by atoms with Gasteiger partial charge in [0, 0.05) is 18.0 Å². The lowest BCUT2D eigenvalue weighted by Gasteiger charge is -2.18. The number of amides is 1. The Morgan fingerprint density at radius 2 is 2.05 bits per heavy atom. The molecule has 0 spiro atoms. The SMILES string of the molecule is COc1ccc(Cl)c(Cl)c1[C@H]1C[C@@H](C(C)=O)N(C(=O)O)C1. The number of hydrogen-bond donors (Lipinski definition) is 1.